The summed E-state index contributed by atoms with van der Waals surface area (Å²) in [7, 11) is 0. The van der Waals surface area contributed by atoms with Crippen LogP contribution in [0.4, 0.5) is 11.5 Å². The van der Waals surface area contributed by atoms with Crippen LogP contribution in [0.25, 0.3) is 0 Å². The van der Waals surface area contributed by atoms with Crippen molar-refractivity contribution in [1.29, 1.82) is 0 Å². The van der Waals surface area contributed by atoms with Crippen molar-refractivity contribution in [2.45, 2.75) is 44.9 Å². The Morgan fingerprint density at radius 3 is 2.48 bits per heavy atom. The lowest BCUT2D eigenvalue weighted by atomic mass is 10.1. The van der Waals surface area contributed by atoms with Crippen LogP contribution in [0, 0.1) is 12.8 Å². The third-order valence-electron chi connectivity index (χ3n) is 4.83. The molecule has 6 nitrogen and oxygen atoms in total. The quantitative estimate of drug-likeness (QED) is 0.756. The highest BCUT2D eigenvalue weighted by atomic mass is 16.2. The first kappa shape index (κ1) is 15.9. The standard InChI is InChI=1S/C19H22N4O2/c1-11-17(13-4-5-13)22-23-18(11)21-16(24)10-12-2-8-15(9-3-12)20-19(25)14-6-7-14/h2-3,8-9,13-14H,4-7,10H2,1H3,(H,20,25)(H2,21,22,23,24). The average molecular weight is 338 g/mol. The highest BCUT2D eigenvalue weighted by molar-refractivity contribution is 5.94. The molecule has 2 amide bonds. The monoisotopic (exact) mass is 338 g/mol. The van der Waals surface area contributed by atoms with Gasteiger partial charge in [-0.1, -0.05) is 12.1 Å². The van der Waals surface area contributed by atoms with E-state index in [1.54, 1.807) is 0 Å². The summed E-state index contributed by atoms with van der Waals surface area (Å²) in [5.41, 5.74) is 3.86. The van der Waals surface area contributed by atoms with Crippen molar-refractivity contribution in [3.8, 4) is 0 Å². The van der Waals surface area contributed by atoms with Gasteiger partial charge in [0.25, 0.3) is 0 Å². The second-order valence-corrected chi connectivity index (χ2v) is 7.07. The summed E-state index contributed by atoms with van der Waals surface area (Å²) in [6.07, 6.45) is 4.64. The maximum Gasteiger partial charge on any atom is 0.230 e. The molecule has 2 aliphatic rings. The summed E-state index contributed by atoms with van der Waals surface area (Å²) >= 11 is 0. The van der Waals surface area contributed by atoms with E-state index in [1.165, 1.54) is 12.8 Å². The molecule has 1 aromatic carbocycles. The molecule has 0 unspecified atom stereocenters. The SMILES string of the molecule is Cc1c(NC(=O)Cc2ccc(NC(=O)C3CC3)cc2)n[nH]c1C1CC1. The van der Waals surface area contributed by atoms with Gasteiger partial charge in [-0.05, 0) is 50.3 Å². The van der Waals surface area contributed by atoms with E-state index >= 15 is 0 Å². The molecule has 0 atom stereocenters. The normalized spacial score (nSPS) is 16.5. The van der Waals surface area contributed by atoms with Crippen LogP contribution in [0.3, 0.4) is 0 Å². The first-order chi connectivity index (χ1) is 12.1. The van der Waals surface area contributed by atoms with Gasteiger partial charge in [-0.2, -0.15) is 5.10 Å². The van der Waals surface area contributed by atoms with Crippen LogP contribution >= 0.6 is 0 Å². The summed E-state index contributed by atoms with van der Waals surface area (Å²) in [6, 6.07) is 7.42. The first-order valence-electron chi connectivity index (χ1n) is 8.84. The molecular formula is C19H22N4O2. The van der Waals surface area contributed by atoms with Crippen molar-refractivity contribution in [3.63, 3.8) is 0 Å². The number of nitrogens with one attached hydrogen (secondary N) is 3. The Morgan fingerprint density at radius 1 is 1.12 bits per heavy atom. The van der Waals surface area contributed by atoms with E-state index in [9.17, 15) is 9.59 Å². The smallest absolute Gasteiger partial charge is 0.230 e. The fourth-order valence-electron chi connectivity index (χ4n) is 2.96. The van der Waals surface area contributed by atoms with Crippen molar-refractivity contribution in [2.24, 2.45) is 5.92 Å². The lowest BCUT2D eigenvalue weighted by Crippen LogP contribution is -2.16. The van der Waals surface area contributed by atoms with Gasteiger partial charge in [-0.3, -0.25) is 14.7 Å². The second-order valence-electron chi connectivity index (χ2n) is 7.07. The zero-order valence-electron chi connectivity index (χ0n) is 14.3. The molecule has 1 aromatic heterocycles. The van der Waals surface area contributed by atoms with Gasteiger partial charge >= 0.3 is 0 Å². The highest BCUT2D eigenvalue weighted by Gasteiger charge is 2.29. The number of aromatic amines is 1. The minimum absolute atomic E-state index is 0.0889. The molecule has 3 N–H and O–H groups in total. The van der Waals surface area contributed by atoms with Crippen LogP contribution in [-0.2, 0) is 16.0 Å². The molecule has 0 bridgehead atoms. The predicted molar refractivity (Wildman–Crippen MR) is 95.4 cm³/mol. The zero-order valence-corrected chi connectivity index (χ0v) is 14.3. The van der Waals surface area contributed by atoms with Crippen molar-refractivity contribution in [2.75, 3.05) is 10.6 Å². The number of anilines is 2. The number of benzene rings is 1. The van der Waals surface area contributed by atoms with E-state index in [0.717, 1.165) is 35.3 Å². The summed E-state index contributed by atoms with van der Waals surface area (Å²) in [6.45, 7) is 1.99. The van der Waals surface area contributed by atoms with Crippen LogP contribution < -0.4 is 10.6 Å². The van der Waals surface area contributed by atoms with Gasteiger partial charge in [0.1, 0.15) is 0 Å². The average Bonchev–Trinajstić information content (AvgIpc) is 3.49. The fourth-order valence-corrected chi connectivity index (χ4v) is 2.96. The molecule has 0 saturated heterocycles. The van der Waals surface area contributed by atoms with Gasteiger partial charge in [0.2, 0.25) is 11.8 Å². The number of H-pyrrole nitrogens is 1. The number of aromatic nitrogens is 2. The van der Waals surface area contributed by atoms with Gasteiger partial charge in [-0.15, -0.1) is 0 Å². The fraction of sp³-hybridized carbons (Fsp3) is 0.421. The number of amides is 2. The summed E-state index contributed by atoms with van der Waals surface area (Å²) in [4.78, 5) is 24.0. The maximum absolute atomic E-state index is 12.3. The van der Waals surface area contributed by atoms with Crippen LogP contribution in [0.5, 0.6) is 0 Å². The van der Waals surface area contributed by atoms with Crippen LogP contribution in [-0.4, -0.2) is 22.0 Å². The highest BCUT2D eigenvalue weighted by Crippen LogP contribution is 2.41. The molecule has 2 saturated carbocycles. The Labute approximate surface area is 146 Å². The van der Waals surface area contributed by atoms with E-state index in [2.05, 4.69) is 20.8 Å². The Hall–Kier alpha value is -2.63. The minimum Gasteiger partial charge on any atom is -0.326 e. The van der Waals surface area contributed by atoms with Gasteiger partial charge < -0.3 is 10.6 Å². The Balaban J connectivity index is 1.33. The Kier molecular flexibility index (Phi) is 4.03. The van der Waals surface area contributed by atoms with Gasteiger partial charge in [-0.25, -0.2) is 0 Å². The number of carbonyl (C=O) groups excluding carboxylic acids is 2. The molecule has 2 aromatic rings. The van der Waals surface area contributed by atoms with Gasteiger partial charge in [0.05, 0.1) is 6.42 Å². The number of hydrogen-bond acceptors (Lipinski definition) is 3. The summed E-state index contributed by atoms with van der Waals surface area (Å²) in [5, 5.41) is 13.0. The molecule has 130 valence electrons. The third-order valence-corrected chi connectivity index (χ3v) is 4.83. The minimum atomic E-state index is -0.0910. The van der Waals surface area contributed by atoms with E-state index < -0.39 is 0 Å². The maximum atomic E-state index is 12.3. The van der Waals surface area contributed by atoms with Crippen molar-refractivity contribution in [1.82, 2.24) is 10.2 Å². The Morgan fingerprint density at radius 2 is 1.84 bits per heavy atom. The lowest BCUT2D eigenvalue weighted by Gasteiger charge is -2.07. The molecule has 1 heterocycles. The molecule has 25 heavy (non-hydrogen) atoms. The van der Waals surface area contributed by atoms with Crippen molar-refractivity contribution >= 4 is 23.3 Å². The Bertz CT molecular complexity index is 801. The van der Waals surface area contributed by atoms with Crippen LogP contribution in [0.15, 0.2) is 24.3 Å². The van der Waals surface area contributed by atoms with Gasteiger partial charge in [0.15, 0.2) is 5.82 Å². The first-order valence-corrected chi connectivity index (χ1v) is 8.84. The molecular weight excluding hydrogens is 316 g/mol. The molecule has 0 aliphatic heterocycles. The van der Waals surface area contributed by atoms with Crippen molar-refractivity contribution in [3.05, 3.63) is 41.1 Å². The number of rotatable bonds is 6. The van der Waals surface area contributed by atoms with E-state index in [-0.39, 0.29) is 24.2 Å². The zero-order chi connectivity index (χ0) is 17.4. The van der Waals surface area contributed by atoms with Crippen molar-refractivity contribution < 1.29 is 9.59 Å². The second kappa shape index (κ2) is 6.35. The van der Waals surface area contributed by atoms with E-state index in [1.807, 2.05) is 31.2 Å². The topological polar surface area (TPSA) is 86.9 Å². The molecule has 0 radical (unpaired) electrons. The van der Waals surface area contributed by atoms with E-state index in [4.69, 9.17) is 0 Å². The third kappa shape index (κ3) is 3.73. The molecule has 0 spiro atoms. The summed E-state index contributed by atoms with van der Waals surface area (Å²) in [5.74, 6) is 1.39. The molecule has 2 aliphatic carbocycles. The van der Waals surface area contributed by atoms with Crippen LogP contribution in [0.2, 0.25) is 0 Å². The number of nitrogens with zero attached hydrogens (tertiary/aromatic N) is 1. The number of hydrogen-bond donors (Lipinski definition) is 3. The largest absolute Gasteiger partial charge is 0.326 e. The molecule has 2 fully saturated rings. The number of carbonyl (C=O) groups is 2. The summed E-state index contributed by atoms with van der Waals surface area (Å²) < 4.78 is 0. The lowest BCUT2D eigenvalue weighted by molar-refractivity contribution is -0.117. The molecule has 6 heteroatoms. The predicted octanol–water partition coefficient (Wildman–Crippen LogP) is 3.13. The van der Waals surface area contributed by atoms with Gasteiger partial charge in [0, 0.05) is 28.8 Å². The van der Waals surface area contributed by atoms with E-state index in [0.29, 0.717) is 11.7 Å². The van der Waals surface area contributed by atoms with Crippen LogP contribution in [0.1, 0.15) is 48.4 Å². The molecule has 4 rings (SSSR count).